The zero-order valence-corrected chi connectivity index (χ0v) is 14.3. The van der Waals surface area contributed by atoms with Crippen LogP contribution >= 0.6 is 15.9 Å². The second-order valence-electron chi connectivity index (χ2n) is 5.94. The van der Waals surface area contributed by atoms with E-state index in [0.717, 1.165) is 21.4 Å². The Labute approximate surface area is 136 Å². The van der Waals surface area contributed by atoms with Crippen LogP contribution in [-0.2, 0) is 0 Å². The molecule has 21 heavy (non-hydrogen) atoms. The third kappa shape index (κ3) is 4.81. The van der Waals surface area contributed by atoms with E-state index in [2.05, 4.69) is 43.7 Å². The van der Waals surface area contributed by atoms with Crippen LogP contribution in [0.2, 0.25) is 0 Å². The predicted molar refractivity (Wildman–Crippen MR) is 93.5 cm³/mol. The highest BCUT2D eigenvalue weighted by Crippen LogP contribution is 2.26. The lowest BCUT2D eigenvalue weighted by molar-refractivity contribution is 0.111. The molecule has 0 heterocycles. The molecule has 0 atom stereocenters. The molecule has 0 aliphatic heterocycles. The molecule has 0 unspecified atom stereocenters. The van der Waals surface area contributed by atoms with E-state index in [0.29, 0.717) is 13.2 Å². The molecule has 0 fully saturated rings. The first kappa shape index (κ1) is 16.0. The molecule has 0 aliphatic rings. The Hall–Kier alpha value is -1.42. The highest BCUT2D eigenvalue weighted by atomic mass is 79.9. The third-order valence-electron chi connectivity index (χ3n) is 3.17. The highest BCUT2D eigenvalue weighted by Gasteiger charge is 2.21. The molecule has 2 rings (SSSR count). The molecule has 0 saturated heterocycles. The van der Waals surface area contributed by atoms with Crippen molar-refractivity contribution in [3.8, 4) is 11.5 Å². The van der Waals surface area contributed by atoms with Gasteiger partial charge in [0.1, 0.15) is 19.3 Å². The average molecular weight is 347 g/mol. The summed E-state index contributed by atoms with van der Waals surface area (Å²) in [4.78, 5) is 0. The Morgan fingerprint density at radius 2 is 1.43 bits per heavy atom. The van der Waals surface area contributed by atoms with Gasteiger partial charge in [-0.3, -0.25) is 0 Å². The van der Waals surface area contributed by atoms with Crippen LogP contribution in [0.5, 0.6) is 11.5 Å². The maximum absolute atomic E-state index is 5.93. The molecule has 2 nitrogen and oxygen atoms in total. The van der Waals surface area contributed by atoms with Crippen molar-refractivity contribution < 1.29 is 9.47 Å². The third-order valence-corrected chi connectivity index (χ3v) is 3.82. The molecule has 2 aromatic rings. The van der Waals surface area contributed by atoms with E-state index < -0.39 is 0 Å². The number of hydrogen-bond acceptors (Lipinski definition) is 2. The van der Waals surface area contributed by atoms with Gasteiger partial charge in [-0.1, -0.05) is 44.2 Å². The van der Waals surface area contributed by atoms with E-state index in [-0.39, 0.29) is 5.41 Å². The Morgan fingerprint density at radius 1 is 0.905 bits per heavy atom. The van der Waals surface area contributed by atoms with E-state index in [1.165, 1.54) is 0 Å². The number of hydrogen-bond donors (Lipinski definition) is 0. The van der Waals surface area contributed by atoms with Crippen LogP contribution in [0.3, 0.4) is 0 Å². The average Bonchev–Trinajstić information content (AvgIpc) is 2.46. The van der Waals surface area contributed by atoms with Crippen LogP contribution < -0.4 is 14.9 Å². The number of para-hydroxylation sites is 2. The van der Waals surface area contributed by atoms with Crippen LogP contribution in [-0.4, -0.2) is 21.1 Å². The summed E-state index contributed by atoms with van der Waals surface area (Å²) in [6, 6.07) is 15.9. The molecule has 0 aliphatic carbocycles. The van der Waals surface area contributed by atoms with Crippen LogP contribution in [0.25, 0.3) is 0 Å². The Morgan fingerprint density at radius 3 is 2.05 bits per heavy atom. The number of ether oxygens (including phenoxy) is 2. The van der Waals surface area contributed by atoms with Crippen molar-refractivity contribution in [3.63, 3.8) is 0 Å². The largest absolute Gasteiger partial charge is 0.494 e. The molecule has 110 valence electrons. The van der Waals surface area contributed by atoms with Crippen LogP contribution in [0.1, 0.15) is 13.8 Å². The normalized spacial score (nSPS) is 11.2. The molecule has 0 bridgehead atoms. The molecular weight excluding hydrogens is 327 g/mol. The van der Waals surface area contributed by atoms with Gasteiger partial charge in [-0.2, -0.15) is 0 Å². The SMILES string of the molecule is Bc1ccccc1OCC(C)(C)COc1ccccc1Br. The van der Waals surface area contributed by atoms with Crippen molar-refractivity contribution in [3.05, 3.63) is 53.0 Å². The summed E-state index contributed by atoms with van der Waals surface area (Å²) in [5, 5.41) is 0. The highest BCUT2D eigenvalue weighted by molar-refractivity contribution is 9.10. The van der Waals surface area contributed by atoms with Gasteiger partial charge in [0.2, 0.25) is 0 Å². The fourth-order valence-corrected chi connectivity index (χ4v) is 2.27. The molecule has 4 heteroatoms. The van der Waals surface area contributed by atoms with E-state index in [4.69, 9.17) is 9.47 Å². The van der Waals surface area contributed by atoms with E-state index in [1.54, 1.807) is 0 Å². The smallest absolute Gasteiger partial charge is 0.144 e. The summed E-state index contributed by atoms with van der Waals surface area (Å²) in [5.41, 5.74) is 1.08. The second kappa shape index (κ2) is 7.03. The van der Waals surface area contributed by atoms with Crippen LogP contribution in [0.4, 0.5) is 0 Å². The van der Waals surface area contributed by atoms with Gasteiger partial charge in [0.05, 0.1) is 17.7 Å². The Bertz CT molecular complexity index is 547. The summed E-state index contributed by atoms with van der Waals surface area (Å²) in [7, 11) is 2.06. The van der Waals surface area contributed by atoms with Crippen molar-refractivity contribution in [1.29, 1.82) is 0 Å². The minimum Gasteiger partial charge on any atom is -0.494 e. The predicted octanol–water partition coefficient (Wildman–Crippen LogP) is 3.19. The van der Waals surface area contributed by atoms with Gasteiger partial charge in [0.25, 0.3) is 0 Å². The first-order valence-corrected chi connectivity index (χ1v) is 7.83. The standard InChI is InChI=1S/C17H20BBrO2/c1-17(2,11-20-15-9-5-3-7-13(15)18)12-21-16-10-6-4-8-14(16)19/h3-10H,11-12,18H2,1-2H3. The minimum atomic E-state index is -0.0719. The van der Waals surface area contributed by atoms with Gasteiger partial charge in [0, 0.05) is 5.41 Å². The van der Waals surface area contributed by atoms with Gasteiger partial charge in [-0.15, -0.1) is 0 Å². The van der Waals surface area contributed by atoms with Gasteiger partial charge < -0.3 is 9.47 Å². The topological polar surface area (TPSA) is 18.5 Å². The first-order valence-electron chi connectivity index (χ1n) is 7.04. The molecule has 0 spiro atoms. The Balaban J connectivity index is 1.90. The first-order chi connectivity index (χ1) is 9.98. The molecule has 0 N–H and O–H groups in total. The summed E-state index contributed by atoms with van der Waals surface area (Å²) in [6.45, 7) is 5.49. The fourth-order valence-electron chi connectivity index (χ4n) is 1.87. The lowest BCUT2D eigenvalue weighted by Gasteiger charge is -2.25. The van der Waals surface area contributed by atoms with Crippen molar-refractivity contribution in [2.24, 2.45) is 5.41 Å². The van der Waals surface area contributed by atoms with Crippen LogP contribution in [0.15, 0.2) is 53.0 Å². The van der Waals surface area contributed by atoms with E-state index >= 15 is 0 Å². The van der Waals surface area contributed by atoms with Crippen molar-refractivity contribution in [2.75, 3.05) is 13.2 Å². The summed E-state index contributed by atoms with van der Waals surface area (Å²) in [5.74, 6) is 1.80. The maximum Gasteiger partial charge on any atom is 0.144 e. The molecule has 2 aromatic carbocycles. The van der Waals surface area contributed by atoms with Crippen LogP contribution in [0, 0.1) is 5.41 Å². The molecular formula is C17H20BBrO2. The quantitative estimate of drug-likeness (QED) is 0.748. The maximum atomic E-state index is 5.93. The van der Waals surface area contributed by atoms with Gasteiger partial charge in [-0.05, 0) is 39.6 Å². The number of benzene rings is 2. The fraction of sp³-hybridized carbons (Fsp3) is 0.294. The molecule has 0 radical (unpaired) electrons. The molecule has 0 aromatic heterocycles. The minimum absolute atomic E-state index is 0.0719. The van der Waals surface area contributed by atoms with Gasteiger partial charge >= 0.3 is 0 Å². The molecule has 0 saturated carbocycles. The monoisotopic (exact) mass is 346 g/mol. The number of rotatable bonds is 6. The second-order valence-corrected chi connectivity index (χ2v) is 6.79. The Kier molecular flexibility index (Phi) is 5.35. The van der Waals surface area contributed by atoms with Gasteiger partial charge in [-0.25, -0.2) is 0 Å². The zero-order chi connectivity index (χ0) is 15.3. The van der Waals surface area contributed by atoms with Crippen molar-refractivity contribution in [2.45, 2.75) is 13.8 Å². The van der Waals surface area contributed by atoms with Crippen molar-refractivity contribution >= 4 is 29.2 Å². The number of halogens is 1. The zero-order valence-electron chi connectivity index (χ0n) is 12.7. The molecule has 0 amide bonds. The lowest BCUT2D eigenvalue weighted by Crippen LogP contribution is -2.29. The van der Waals surface area contributed by atoms with E-state index in [9.17, 15) is 0 Å². The summed E-state index contributed by atoms with van der Waals surface area (Å²) < 4.78 is 12.8. The summed E-state index contributed by atoms with van der Waals surface area (Å²) >= 11 is 3.49. The van der Waals surface area contributed by atoms with E-state index in [1.807, 2.05) is 42.5 Å². The lowest BCUT2D eigenvalue weighted by atomic mass is 9.94. The van der Waals surface area contributed by atoms with Gasteiger partial charge in [0.15, 0.2) is 0 Å². The summed E-state index contributed by atoms with van der Waals surface area (Å²) in [6.07, 6.45) is 0. The van der Waals surface area contributed by atoms with Crippen molar-refractivity contribution in [1.82, 2.24) is 0 Å².